The first-order valence-corrected chi connectivity index (χ1v) is 5.66. The van der Waals surface area contributed by atoms with Crippen LogP contribution in [0.25, 0.3) is 0 Å². The second kappa shape index (κ2) is 5.86. The highest BCUT2D eigenvalue weighted by Gasteiger charge is 2.24. The number of carbonyl (C=O) groups is 1. The number of hydrogen-bond donors (Lipinski definition) is 0. The Labute approximate surface area is 92.0 Å². The second-order valence-electron chi connectivity index (χ2n) is 4.00. The Morgan fingerprint density at radius 3 is 2.93 bits per heavy atom. The first-order chi connectivity index (χ1) is 7.24. The molecule has 84 valence electrons. The normalized spacial score (nSPS) is 23.7. The molecule has 0 radical (unpaired) electrons. The summed E-state index contributed by atoms with van der Waals surface area (Å²) in [5.74, 6) is 0.438. The number of ether oxygens (including phenoxy) is 1. The molecule has 2 atom stereocenters. The lowest BCUT2D eigenvalue weighted by molar-refractivity contribution is -0.105. The van der Waals surface area contributed by atoms with Gasteiger partial charge in [-0.15, -0.1) is 6.58 Å². The van der Waals surface area contributed by atoms with Crippen molar-refractivity contribution in [3.8, 4) is 0 Å². The minimum absolute atomic E-state index is 0.0782. The van der Waals surface area contributed by atoms with E-state index in [4.69, 9.17) is 4.74 Å². The molecule has 0 bridgehead atoms. The van der Waals surface area contributed by atoms with Crippen molar-refractivity contribution in [1.29, 1.82) is 0 Å². The van der Waals surface area contributed by atoms with Gasteiger partial charge in [0, 0.05) is 6.61 Å². The van der Waals surface area contributed by atoms with Crippen LogP contribution in [0, 0.1) is 5.92 Å². The van der Waals surface area contributed by atoms with Crippen molar-refractivity contribution < 1.29 is 9.53 Å². The average Bonchev–Trinajstić information content (AvgIpc) is 2.26. The maximum Gasteiger partial charge on any atom is 0.146 e. The maximum atomic E-state index is 11.0. The summed E-state index contributed by atoms with van der Waals surface area (Å²) in [6.07, 6.45) is 5.84. The van der Waals surface area contributed by atoms with Crippen LogP contribution in [-0.4, -0.2) is 19.0 Å². The van der Waals surface area contributed by atoms with Gasteiger partial charge in [-0.1, -0.05) is 13.0 Å². The third-order valence-corrected chi connectivity index (χ3v) is 2.99. The highest BCUT2D eigenvalue weighted by molar-refractivity contribution is 5.75. The van der Waals surface area contributed by atoms with Crippen LogP contribution >= 0.6 is 0 Å². The molecule has 0 aromatic rings. The lowest BCUT2D eigenvalue weighted by Crippen LogP contribution is -2.23. The molecule has 0 aliphatic heterocycles. The van der Waals surface area contributed by atoms with Gasteiger partial charge < -0.3 is 4.74 Å². The van der Waals surface area contributed by atoms with Crippen LogP contribution in [0.3, 0.4) is 0 Å². The zero-order chi connectivity index (χ0) is 11.3. The Balaban J connectivity index is 2.97. The molecular weight excluding hydrogens is 188 g/mol. The summed E-state index contributed by atoms with van der Waals surface area (Å²) in [6.45, 7) is 8.56. The van der Waals surface area contributed by atoms with E-state index in [-0.39, 0.29) is 6.10 Å². The number of carbonyl (C=O) groups excluding carboxylic acids is 1. The summed E-state index contributed by atoms with van der Waals surface area (Å²) in [6, 6.07) is 0. The maximum absolute atomic E-state index is 11.0. The molecule has 0 saturated heterocycles. The van der Waals surface area contributed by atoms with Crippen LogP contribution in [0.5, 0.6) is 0 Å². The van der Waals surface area contributed by atoms with Gasteiger partial charge in [0.1, 0.15) is 6.29 Å². The number of rotatable bonds is 5. The van der Waals surface area contributed by atoms with Gasteiger partial charge in [0.25, 0.3) is 0 Å². The Bertz CT molecular complexity index is 266. The quantitative estimate of drug-likeness (QED) is 0.513. The Morgan fingerprint density at radius 1 is 1.67 bits per heavy atom. The first-order valence-electron chi connectivity index (χ1n) is 5.66. The summed E-state index contributed by atoms with van der Waals surface area (Å²) in [5, 5.41) is 0. The summed E-state index contributed by atoms with van der Waals surface area (Å²) >= 11 is 0. The molecule has 0 saturated carbocycles. The van der Waals surface area contributed by atoms with Crippen molar-refractivity contribution in [3.63, 3.8) is 0 Å². The van der Waals surface area contributed by atoms with Crippen LogP contribution in [0.15, 0.2) is 23.8 Å². The molecule has 0 N–H and O–H groups in total. The van der Waals surface area contributed by atoms with Crippen LogP contribution in [0.1, 0.15) is 33.1 Å². The van der Waals surface area contributed by atoms with E-state index in [0.29, 0.717) is 12.5 Å². The Morgan fingerprint density at radius 2 is 2.40 bits per heavy atom. The molecule has 1 rings (SSSR count). The van der Waals surface area contributed by atoms with E-state index in [1.54, 1.807) is 6.08 Å². The molecule has 2 unspecified atom stereocenters. The molecular formula is C13H20O2. The molecule has 2 heteroatoms. The van der Waals surface area contributed by atoms with E-state index in [0.717, 1.165) is 36.7 Å². The van der Waals surface area contributed by atoms with Crippen molar-refractivity contribution in [2.75, 3.05) is 6.61 Å². The van der Waals surface area contributed by atoms with Gasteiger partial charge in [-0.3, -0.25) is 4.79 Å². The van der Waals surface area contributed by atoms with Gasteiger partial charge in [-0.25, -0.2) is 0 Å². The lowest BCUT2D eigenvalue weighted by Gasteiger charge is -2.28. The lowest BCUT2D eigenvalue weighted by atomic mass is 9.81. The minimum Gasteiger partial charge on any atom is -0.370 e. The highest BCUT2D eigenvalue weighted by atomic mass is 16.5. The van der Waals surface area contributed by atoms with E-state index < -0.39 is 0 Å². The van der Waals surface area contributed by atoms with Crippen molar-refractivity contribution in [1.82, 2.24) is 0 Å². The predicted octanol–water partition coefficient (Wildman–Crippen LogP) is 2.89. The van der Waals surface area contributed by atoms with Crippen LogP contribution in [-0.2, 0) is 9.53 Å². The first kappa shape index (κ1) is 12.2. The molecule has 1 aliphatic rings. The van der Waals surface area contributed by atoms with E-state index in [9.17, 15) is 4.79 Å². The smallest absolute Gasteiger partial charge is 0.146 e. The van der Waals surface area contributed by atoms with Gasteiger partial charge in [0.15, 0.2) is 0 Å². The molecule has 15 heavy (non-hydrogen) atoms. The summed E-state index contributed by atoms with van der Waals surface area (Å²) in [4.78, 5) is 11.0. The SMILES string of the molecule is C=CC(OCC)C1=C(C=O)CCCC1C. The topological polar surface area (TPSA) is 26.3 Å². The standard InChI is InChI=1S/C13H20O2/c1-4-12(15-5-2)13-10(3)7-6-8-11(13)9-14/h4,9-10,12H,1,5-8H2,2-3H3. The monoisotopic (exact) mass is 208 g/mol. The van der Waals surface area contributed by atoms with Gasteiger partial charge in [0.2, 0.25) is 0 Å². The largest absolute Gasteiger partial charge is 0.370 e. The highest BCUT2D eigenvalue weighted by Crippen LogP contribution is 2.32. The molecule has 2 nitrogen and oxygen atoms in total. The Kier molecular flexibility index (Phi) is 4.76. The van der Waals surface area contributed by atoms with Gasteiger partial charge in [0.05, 0.1) is 6.10 Å². The van der Waals surface area contributed by atoms with Crippen LogP contribution in [0.4, 0.5) is 0 Å². The predicted molar refractivity (Wildman–Crippen MR) is 61.7 cm³/mol. The van der Waals surface area contributed by atoms with E-state index in [2.05, 4.69) is 13.5 Å². The third kappa shape index (κ3) is 2.78. The summed E-state index contributed by atoms with van der Waals surface area (Å²) in [5.41, 5.74) is 2.07. The molecule has 0 amide bonds. The van der Waals surface area contributed by atoms with Gasteiger partial charge in [-0.2, -0.15) is 0 Å². The molecule has 0 spiro atoms. The summed E-state index contributed by atoms with van der Waals surface area (Å²) < 4.78 is 5.60. The number of allylic oxidation sites excluding steroid dienone is 1. The van der Waals surface area contributed by atoms with Gasteiger partial charge in [-0.05, 0) is 43.3 Å². The van der Waals surface area contributed by atoms with Crippen LogP contribution in [0.2, 0.25) is 0 Å². The molecule has 0 heterocycles. The fraction of sp³-hybridized carbons (Fsp3) is 0.615. The second-order valence-corrected chi connectivity index (χ2v) is 4.00. The van der Waals surface area contributed by atoms with E-state index >= 15 is 0 Å². The Hall–Kier alpha value is -0.890. The molecule has 1 aliphatic carbocycles. The average molecular weight is 208 g/mol. The fourth-order valence-corrected chi connectivity index (χ4v) is 2.27. The third-order valence-electron chi connectivity index (χ3n) is 2.99. The van der Waals surface area contributed by atoms with Gasteiger partial charge >= 0.3 is 0 Å². The molecule has 0 fully saturated rings. The van der Waals surface area contributed by atoms with Crippen molar-refractivity contribution in [3.05, 3.63) is 23.8 Å². The molecule has 0 aromatic heterocycles. The van der Waals surface area contributed by atoms with E-state index in [1.165, 1.54) is 0 Å². The van der Waals surface area contributed by atoms with Crippen molar-refractivity contribution in [2.24, 2.45) is 5.92 Å². The van der Waals surface area contributed by atoms with Crippen molar-refractivity contribution in [2.45, 2.75) is 39.2 Å². The number of hydrogen-bond acceptors (Lipinski definition) is 2. The fourth-order valence-electron chi connectivity index (χ4n) is 2.27. The summed E-state index contributed by atoms with van der Waals surface area (Å²) in [7, 11) is 0. The zero-order valence-corrected chi connectivity index (χ0v) is 9.66. The van der Waals surface area contributed by atoms with Crippen molar-refractivity contribution >= 4 is 6.29 Å². The van der Waals surface area contributed by atoms with Crippen LogP contribution < -0.4 is 0 Å². The number of aldehydes is 1. The zero-order valence-electron chi connectivity index (χ0n) is 9.66. The molecule has 0 aromatic carbocycles. The minimum atomic E-state index is -0.0782. The van der Waals surface area contributed by atoms with E-state index in [1.807, 2.05) is 6.92 Å².